The molecule has 0 aliphatic carbocycles. The van der Waals surface area contributed by atoms with Crippen molar-refractivity contribution in [3.63, 3.8) is 0 Å². The molecule has 0 radical (unpaired) electrons. The zero-order valence-corrected chi connectivity index (χ0v) is 18.3. The predicted molar refractivity (Wildman–Crippen MR) is 122 cm³/mol. The first-order valence-corrected chi connectivity index (χ1v) is 10.7. The minimum Gasteiger partial charge on any atom is -0.497 e. The molecule has 166 valence electrons. The van der Waals surface area contributed by atoms with Gasteiger partial charge in [-0.05, 0) is 55.2 Å². The van der Waals surface area contributed by atoms with Crippen LogP contribution in [0.2, 0.25) is 0 Å². The number of ether oxygens (including phenoxy) is 2. The first-order chi connectivity index (χ1) is 15.1. The lowest BCUT2D eigenvalue weighted by Crippen LogP contribution is -2.29. The van der Waals surface area contributed by atoms with Crippen LogP contribution in [0.5, 0.6) is 5.75 Å². The molecule has 1 aliphatic rings. The molecular formula is C24H31N3O4. The fourth-order valence-corrected chi connectivity index (χ4v) is 3.68. The van der Waals surface area contributed by atoms with Crippen molar-refractivity contribution in [3.05, 3.63) is 53.6 Å². The van der Waals surface area contributed by atoms with Gasteiger partial charge in [0, 0.05) is 44.7 Å². The zero-order chi connectivity index (χ0) is 22.1. The maximum Gasteiger partial charge on any atom is 0.253 e. The second kappa shape index (κ2) is 11.4. The van der Waals surface area contributed by atoms with Gasteiger partial charge < -0.3 is 25.0 Å². The van der Waals surface area contributed by atoms with E-state index < -0.39 is 0 Å². The number of nitrogens with one attached hydrogen (secondary N) is 2. The number of rotatable bonds is 10. The van der Waals surface area contributed by atoms with E-state index in [4.69, 9.17) is 9.47 Å². The van der Waals surface area contributed by atoms with Crippen LogP contribution in [-0.4, -0.2) is 52.3 Å². The summed E-state index contributed by atoms with van der Waals surface area (Å²) in [6.07, 6.45) is 3.24. The van der Waals surface area contributed by atoms with Crippen molar-refractivity contribution in [2.45, 2.75) is 25.7 Å². The van der Waals surface area contributed by atoms with Gasteiger partial charge in [-0.15, -0.1) is 0 Å². The van der Waals surface area contributed by atoms with Gasteiger partial charge in [0.15, 0.2) is 0 Å². The van der Waals surface area contributed by atoms with E-state index >= 15 is 0 Å². The largest absolute Gasteiger partial charge is 0.497 e. The molecule has 2 N–H and O–H groups in total. The van der Waals surface area contributed by atoms with E-state index in [0.29, 0.717) is 24.4 Å². The number of carbonyl (C=O) groups excluding carboxylic acids is 2. The van der Waals surface area contributed by atoms with E-state index in [1.165, 1.54) is 0 Å². The molecule has 1 saturated heterocycles. The highest BCUT2D eigenvalue weighted by atomic mass is 16.5. The lowest BCUT2D eigenvalue weighted by molar-refractivity contribution is -0.115. The van der Waals surface area contributed by atoms with E-state index in [0.717, 1.165) is 49.4 Å². The van der Waals surface area contributed by atoms with E-state index in [2.05, 4.69) is 15.5 Å². The minimum absolute atomic E-state index is 0.134. The van der Waals surface area contributed by atoms with Crippen molar-refractivity contribution >= 4 is 23.2 Å². The lowest BCUT2D eigenvalue weighted by atomic mass is 10.1. The van der Waals surface area contributed by atoms with Gasteiger partial charge >= 0.3 is 0 Å². The highest BCUT2D eigenvalue weighted by molar-refractivity contribution is 6.02. The molecule has 3 rings (SSSR count). The first-order valence-electron chi connectivity index (χ1n) is 10.7. The number of carbonyl (C=O) groups is 2. The molecule has 2 aromatic rings. The van der Waals surface area contributed by atoms with Crippen LogP contribution in [0.4, 0.5) is 11.4 Å². The fraction of sp³-hybridized carbons (Fsp3) is 0.417. The number of amides is 2. The van der Waals surface area contributed by atoms with E-state index in [1.54, 1.807) is 20.3 Å². The molecule has 7 heteroatoms. The number of methoxy groups -OCH3 is 2. The molecule has 7 nitrogen and oxygen atoms in total. The molecule has 0 unspecified atom stereocenters. The number of hydrogen-bond acceptors (Lipinski definition) is 5. The van der Waals surface area contributed by atoms with Crippen molar-refractivity contribution in [2.24, 2.45) is 0 Å². The Balaban J connectivity index is 1.70. The molecule has 1 fully saturated rings. The molecule has 0 bridgehead atoms. The highest BCUT2D eigenvalue weighted by Crippen LogP contribution is 2.27. The lowest BCUT2D eigenvalue weighted by Gasteiger charge is -2.22. The molecule has 0 saturated carbocycles. The van der Waals surface area contributed by atoms with Crippen molar-refractivity contribution in [2.75, 3.05) is 50.7 Å². The van der Waals surface area contributed by atoms with E-state index in [1.807, 2.05) is 36.4 Å². The molecule has 1 aliphatic heterocycles. The summed E-state index contributed by atoms with van der Waals surface area (Å²) in [6.45, 7) is 3.02. The van der Waals surface area contributed by atoms with Gasteiger partial charge in [-0.1, -0.05) is 12.1 Å². The second-order valence-electron chi connectivity index (χ2n) is 7.60. The van der Waals surface area contributed by atoms with Crippen molar-refractivity contribution in [3.8, 4) is 5.75 Å². The van der Waals surface area contributed by atoms with Gasteiger partial charge in [-0.3, -0.25) is 9.59 Å². The van der Waals surface area contributed by atoms with Crippen molar-refractivity contribution in [1.82, 2.24) is 5.32 Å². The smallest absolute Gasteiger partial charge is 0.253 e. The summed E-state index contributed by atoms with van der Waals surface area (Å²) in [5.41, 5.74) is 3.00. The van der Waals surface area contributed by atoms with Crippen LogP contribution >= 0.6 is 0 Å². The zero-order valence-electron chi connectivity index (χ0n) is 18.3. The monoisotopic (exact) mass is 425 g/mol. The topological polar surface area (TPSA) is 79.9 Å². The van der Waals surface area contributed by atoms with Crippen molar-refractivity contribution in [1.29, 1.82) is 0 Å². The van der Waals surface area contributed by atoms with Gasteiger partial charge in [0.1, 0.15) is 5.75 Å². The molecule has 0 spiro atoms. The third-order valence-electron chi connectivity index (χ3n) is 5.31. The fourth-order valence-electron chi connectivity index (χ4n) is 3.68. The van der Waals surface area contributed by atoms with E-state index in [-0.39, 0.29) is 18.2 Å². The normalized spacial score (nSPS) is 13.2. The number of nitrogens with zero attached hydrogens (tertiary/aromatic N) is 1. The molecule has 0 aromatic heterocycles. The highest BCUT2D eigenvalue weighted by Gasteiger charge is 2.20. The maximum absolute atomic E-state index is 12.9. The summed E-state index contributed by atoms with van der Waals surface area (Å²) in [5.74, 6) is 0.484. The average molecular weight is 426 g/mol. The standard InChI is InChI=1S/C24H31N3O4/c1-30-15-5-12-25-24(29)21-17-19(8-11-22(21)27-13-3-4-14-27)26-23(28)16-18-6-9-20(31-2)10-7-18/h6-11,17H,3-5,12-16H2,1-2H3,(H,25,29)(H,26,28). The van der Waals surface area contributed by atoms with Crippen molar-refractivity contribution < 1.29 is 19.1 Å². The molecule has 2 amide bonds. The van der Waals surface area contributed by atoms with Gasteiger partial charge in [0.05, 0.1) is 19.1 Å². The molecule has 1 heterocycles. The SMILES string of the molecule is COCCCNC(=O)c1cc(NC(=O)Cc2ccc(OC)cc2)ccc1N1CCCC1. The first kappa shape index (κ1) is 22.6. The second-order valence-corrected chi connectivity index (χ2v) is 7.60. The van der Waals surface area contributed by atoms with Crippen LogP contribution in [0.3, 0.4) is 0 Å². The van der Waals surface area contributed by atoms with Gasteiger partial charge in [-0.25, -0.2) is 0 Å². The van der Waals surface area contributed by atoms with Crippen LogP contribution in [0, 0.1) is 0 Å². The summed E-state index contributed by atoms with van der Waals surface area (Å²) in [6, 6.07) is 13.0. The van der Waals surface area contributed by atoms with Crippen LogP contribution < -0.4 is 20.3 Å². The van der Waals surface area contributed by atoms with Crippen LogP contribution in [-0.2, 0) is 16.0 Å². The third-order valence-corrected chi connectivity index (χ3v) is 5.31. The minimum atomic E-state index is -0.135. The Kier molecular flexibility index (Phi) is 8.29. The summed E-state index contributed by atoms with van der Waals surface area (Å²) in [5, 5.41) is 5.88. The molecular weight excluding hydrogens is 394 g/mol. The van der Waals surface area contributed by atoms with Gasteiger partial charge in [0.25, 0.3) is 5.91 Å². The summed E-state index contributed by atoms with van der Waals surface area (Å²) >= 11 is 0. The Morgan fingerprint density at radius 3 is 2.45 bits per heavy atom. The van der Waals surface area contributed by atoms with Crippen LogP contribution in [0.15, 0.2) is 42.5 Å². The summed E-state index contributed by atoms with van der Waals surface area (Å²) in [4.78, 5) is 27.6. The quantitative estimate of drug-likeness (QED) is 0.572. The average Bonchev–Trinajstić information content (AvgIpc) is 3.32. The Bertz CT molecular complexity index is 877. The number of benzene rings is 2. The van der Waals surface area contributed by atoms with E-state index in [9.17, 15) is 9.59 Å². The Morgan fingerprint density at radius 1 is 1.03 bits per heavy atom. The predicted octanol–water partition coefficient (Wildman–Crippen LogP) is 3.24. The maximum atomic E-state index is 12.9. The summed E-state index contributed by atoms with van der Waals surface area (Å²) < 4.78 is 10.2. The van der Waals surface area contributed by atoms with Crippen LogP contribution in [0.25, 0.3) is 0 Å². The number of hydrogen-bond donors (Lipinski definition) is 2. The van der Waals surface area contributed by atoms with Crippen LogP contribution in [0.1, 0.15) is 35.2 Å². The summed E-state index contributed by atoms with van der Waals surface area (Å²) in [7, 11) is 3.25. The Hall–Kier alpha value is -3.06. The third kappa shape index (κ3) is 6.46. The van der Waals surface area contributed by atoms with Gasteiger partial charge in [0.2, 0.25) is 5.91 Å². The molecule has 0 atom stereocenters. The molecule has 31 heavy (non-hydrogen) atoms. The Labute approximate surface area is 183 Å². The Morgan fingerprint density at radius 2 is 1.77 bits per heavy atom. The van der Waals surface area contributed by atoms with Gasteiger partial charge in [-0.2, -0.15) is 0 Å². The number of anilines is 2. The molecule has 2 aromatic carbocycles.